The molecular weight excluding hydrogens is 386 g/mol. The van der Waals surface area contributed by atoms with Crippen molar-refractivity contribution in [2.75, 3.05) is 5.73 Å². The molecule has 0 saturated heterocycles. The summed E-state index contributed by atoms with van der Waals surface area (Å²) >= 11 is 6.09. The van der Waals surface area contributed by atoms with Crippen LogP contribution in [0.15, 0.2) is 42.7 Å². The largest absolute Gasteiger partial charge is 0.388 e. The van der Waals surface area contributed by atoms with Crippen molar-refractivity contribution < 1.29 is 5.11 Å². The van der Waals surface area contributed by atoms with E-state index in [2.05, 4.69) is 21.0 Å². The van der Waals surface area contributed by atoms with E-state index in [-0.39, 0.29) is 6.61 Å². The highest BCUT2D eigenvalue weighted by atomic mass is 35.5. The fraction of sp³-hybridized carbons (Fsp3) is 0.227. The Hall–Kier alpha value is -2.96. The first-order chi connectivity index (χ1) is 13.9. The van der Waals surface area contributed by atoms with Gasteiger partial charge in [0.15, 0.2) is 0 Å². The van der Waals surface area contributed by atoms with Crippen LogP contribution in [-0.2, 0) is 19.6 Å². The molecule has 0 aliphatic rings. The van der Waals surface area contributed by atoms with Crippen LogP contribution >= 0.6 is 11.6 Å². The number of anilines is 1. The Morgan fingerprint density at radius 1 is 1.10 bits per heavy atom. The second-order valence-electron chi connectivity index (χ2n) is 7.20. The molecule has 3 aromatic heterocycles. The van der Waals surface area contributed by atoms with Crippen molar-refractivity contribution in [3.63, 3.8) is 0 Å². The number of aliphatic hydroxyl groups excluding tert-OH is 1. The number of hydrogen-bond acceptors (Lipinski definition) is 5. The summed E-state index contributed by atoms with van der Waals surface area (Å²) in [6, 6.07) is 9.88. The quantitative estimate of drug-likeness (QED) is 0.525. The number of fused-ring (bicyclic) bond motifs is 1. The Kier molecular flexibility index (Phi) is 5.22. The molecule has 29 heavy (non-hydrogen) atoms. The van der Waals surface area contributed by atoms with Crippen molar-refractivity contribution in [1.29, 1.82) is 0 Å². The standard InChI is InChI=1S/C22H22ClN5O/c1-13-5-21(24)27-14(2)19(13)8-18-10-26-22(12-29)28(18)11-15-3-4-20-16(6-15)7-17(23)9-25-20/h3-7,9-10,29H,8,11-12H2,1-2H3,(H2,24,27). The molecule has 0 saturated carbocycles. The summed E-state index contributed by atoms with van der Waals surface area (Å²) in [5.41, 5.74) is 12.0. The van der Waals surface area contributed by atoms with Gasteiger partial charge in [-0.05, 0) is 54.8 Å². The van der Waals surface area contributed by atoms with Crippen molar-refractivity contribution in [2.24, 2.45) is 0 Å². The maximum absolute atomic E-state index is 9.79. The topological polar surface area (TPSA) is 89.9 Å². The molecule has 148 valence electrons. The second-order valence-corrected chi connectivity index (χ2v) is 7.63. The molecule has 0 aliphatic heterocycles. The summed E-state index contributed by atoms with van der Waals surface area (Å²) in [5, 5.41) is 11.4. The molecule has 0 fully saturated rings. The second kappa shape index (κ2) is 7.81. The average Bonchev–Trinajstić information content (AvgIpc) is 3.05. The summed E-state index contributed by atoms with van der Waals surface area (Å²) in [6.45, 7) is 4.47. The molecule has 0 unspecified atom stereocenters. The molecule has 0 aliphatic carbocycles. The van der Waals surface area contributed by atoms with Crippen LogP contribution in [0.5, 0.6) is 0 Å². The maximum Gasteiger partial charge on any atom is 0.135 e. The first-order valence-corrected chi connectivity index (χ1v) is 9.73. The minimum absolute atomic E-state index is 0.126. The number of rotatable bonds is 5. The lowest BCUT2D eigenvalue weighted by atomic mass is 10.0. The highest BCUT2D eigenvalue weighted by Crippen LogP contribution is 2.22. The fourth-order valence-corrected chi connectivity index (χ4v) is 3.85. The Bertz CT molecular complexity index is 1180. The van der Waals surface area contributed by atoms with Crippen LogP contribution in [0, 0.1) is 13.8 Å². The van der Waals surface area contributed by atoms with Crippen molar-refractivity contribution in [2.45, 2.75) is 33.4 Å². The summed E-state index contributed by atoms with van der Waals surface area (Å²) in [7, 11) is 0. The van der Waals surface area contributed by atoms with Crippen LogP contribution in [0.1, 0.15) is 33.9 Å². The number of aliphatic hydroxyl groups is 1. The number of benzene rings is 1. The van der Waals surface area contributed by atoms with E-state index in [1.807, 2.05) is 48.9 Å². The monoisotopic (exact) mass is 407 g/mol. The zero-order chi connectivity index (χ0) is 20.5. The third-order valence-electron chi connectivity index (χ3n) is 5.15. The molecule has 7 heteroatoms. The van der Waals surface area contributed by atoms with Crippen LogP contribution in [-0.4, -0.2) is 24.6 Å². The van der Waals surface area contributed by atoms with Gasteiger partial charge in [0.25, 0.3) is 0 Å². The molecule has 0 spiro atoms. The van der Waals surface area contributed by atoms with E-state index in [0.717, 1.165) is 39.0 Å². The van der Waals surface area contributed by atoms with Gasteiger partial charge in [0.05, 0.1) is 10.5 Å². The predicted molar refractivity (Wildman–Crippen MR) is 115 cm³/mol. The zero-order valence-electron chi connectivity index (χ0n) is 16.4. The average molecular weight is 408 g/mol. The van der Waals surface area contributed by atoms with Crippen LogP contribution in [0.3, 0.4) is 0 Å². The van der Waals surface area contributed by atoms with Gasteiger partial charge in [-0.15, -0.1) is 0 Å². The van der Waals surface area contributed by atoms with E-state index in [4.69, 9.17) is 17.3 Å². The van der Waals surface area contributed by atoms with Gasteiger partial charge in [-0.1, -0.05) is 17.7 Å². The number of nitrogens with zero attached hydrogens (tertiary/aromatic N) is 4. The van der Waals surface area contributed by atoms with Crippen molar-refractivity contribution in [3.05, 3.63) is 81.7 Å². The van der Waals surface area contributed by atoms with E-state index in [9.17, 15) is 5.11 Å². The van der Waals surface area contributed by atoms with Crippen molar-refractivity contribution in [3.8, 4) is 0 Å². The van der Waals surface area contributed by atoms with E-state index in [1.54, 1.807) is 6.20 Å². The molecule has 0 amide bonds. The molecule has 3 N–H and O–H groups in total. The van der Waals surface area contributed by atoms with Gasteiger partial charge >= 0.3 is 0 Å². The minimum Gasteiger partial charge on any atom is -0.388 e. The van der Waals surface area contributed by atoms with E-state index in [0.29, 0.717) is 29.6 Å². The van der Waals surface area contributed by atoms with E-state index >= 15 is 0 Å². The van der Waals surface area contributed by atoms with Crippen LogP contribution in [0.25, 0.3) is 10.9 Å². The molecule has 6 nitrogen and oxygen atoms in total. The van der Waals surface area contributed by atoms with E-state index < -0.39 is 0 Å². The SMILES string of the molecule is Cc1cc(N)nc(C)c1Cc1cnc(CO)n1Cc1ccc2ncc(Cl)cc2c1. The van der Waals surface area contributed by atoms with Gasteiger partial charge in [0.2, 0.25) is 0 Å². The number of nitrogen functional groups attached to an aromatic ring is 1. The van der Waals surface area contributed by atoms with Gasteiger partial charge < -0.3 is 15.4 Å². The number of aromatic nitrogens is 4. The number of nitrogens with two attached hydrogens (primary N) is 1. The Labute approximate surface area is 174 Å². The summed E-state index contributed by atoms with van der Waals surface area (Å²) < 4.78 is 2.05. The highest BCUT2D eigenvalue weighted by molar-refractivity contribution is 6.31. The maximum atomic E-state index is 9.79. The molecule has 3 heterocycles. The Balaban J connectivity index is 1.70. The van der Waals surface area contributed by atoms with Crippen molar-refractivity contribution >= 4 is 28.3 Å². The van der Waals surface area contributed by atoms with Gasteiger partial charge in [0, 0.05) is 42.1 Å². The summed E-state index contributed by atoms with van der Waals surface area (Å²) in [4.78, 5) is 13.2. The third-order valence-corrected chi connectivity index (χ3v) is 5.35. The highest BCUT2D eigenvalue weighted by Gasteiger charge is 2.14. The molecule has 4 rings (SSSR count). The van der Waals surface area contributed by atoms with E-state index in [1.165, 1.54) is 0 Å². The van der Waals surface area contributed by atoms with Gasteiger partial charge in [-0.2, -0.15) is 0 Å². The fourth-order valence-electron chi connectivity index (χ4n) is 3.69. The van der Waals surface area contributed by atoms with Gasteiger partial charge in [0.1, 0.15) is 18.2 Å². The number of pyridine rings is 2. The summed E-state index contributed by atoms with van der Waals surface area (Å²) in [5.74, 6) is 1.15. The molecular formula is C22H22ClN5O. The molecule has 0 radical (unpaired) electrons. The molecule has 0 atom stereocenters. The third kappa shape index (κ3) is 3.95. The first kappa shape index (κ1) is 19.4. The number of imidazole rings is 1. The van der Waals surface area contributed by atoms with Crippen LogP contribution < -0.4 is 5.73 Å². The van der Waals surface area contributed by atoms with Crippen molar-refractivity contribution in [1.82, 2.24) is 19.5 Å². The molecule has 0 bridgehead atoms. The predicted octanol–water partition coefficient (Wildman–Crippen LogP) is 3.81. The molecule has 4 aromatic rings. The number of aryl methyl sites for hydroxylation is 2. The van der Waals surface area contributed by atoms with Crippen LogP contribution in [0.4, 0.5) is 5.82 Å². The smallest absolute Gasteiger partial charge is 0.135 e. The van der Waals surface area contributed by atoms with Gasteiger partial charge in [-0.3, -0.25) is 4.98 Å². The lowest BCUT2D eigenvalue weighted by Crippen LogP contribution is -2.11. The first-order valence-electron chi connectivity index (χ1n) is 9.35. The lowest BCUT2D eigenvalue weighted by Gasteiger charge is -2.14. The minimum atomic E-state index is -0.126. The normalized spacial score (nSPS) is 11.3. The van der Waals surface area contributed by atoms with Gasteiger partial charge in [-0.25, -0.2) is 9.97 Å². The number of halogens is 1. The summed E-state index contributed by atoms with van der Waals surface area (Å²) in [6.07, 6.45) is 4.13. The molecule has 1 aromatic carbocycles. The van der Waals surface area contributed by atoms with Crippen LogP contribution in [0.2, 0.25) is 5.02 Å². The number of hydrogen-bond donors (Lipinski definition) is 2. The Morgan fingerprint density at radius 2 is 1.93 bits per heavy atom. The zero-order valence-corrected chi connectivity index (χ0v) is 17.1. The lowest BCUT2D eigenvalue weighted by molar-refractivity contribution is 0.265. The Morgan fingerprint density at radius 3 is 2.69 bits per heavy atom.